The predicted octanol–water partition coefficient (Wildman–Crippen LogP) is 2.41. The van der Waals surface area contributed by atoms with Crippen LogP contribution < -0.4 is 9.79 Å². The van der Waals surface area contributed by atoms with Crippen LogP contribution in [0.2, 0.25) is 0 Å². The highest BCUT2D eigenvalue weighted by Gasteiger charge is 1.98. The van der Waals surface area contributed by atoms with Gasteiger partial charge in [0.1, 0.15) is 25.0 Å². The quantitative estimate of drug-likeness (QED) is 0.386. The van der Waals surface area contributed by atoms with Crippen molar-refractivity contribution in [3.05, 3.63) is 0 Å². The van der Waals surface area contributed by atoms with Gasteiger partial charge in [-0.25, -0.2) is 8.42 Å². The van der Waals surface area contributed by atoms with Crippen molar-refractivity contribution in [3.8, 4) is 0 Å². The molecule has 0 radical (unpaired) electrons. The highest BCUT2D eigenvalue weighted by atomic mass is 32.2. The lowest BCUT2D eigenvalue weighted by Crippen LogP contribution is -2.03. The van der Waals surface area contributed by atoms with E-state index < -0.39 is 25.0 Å². The molecule has 0 aliphatic rings. The van der Waals surface area contributed by atoms with Gasteiger partial charge in [-0.15, -0.1) is 0 Å². The molecule has 0 aliphatic carbocycles. The number of sulfone groups is 1. The van der Waals surface area contributed by atoms with Gasteiger partial charge in [-0.05, 0) is 19.3 Å². The first-order chi connectivity index (χ1) is 11.2. The van der Waals surface area contributed by atoms with Gasteiger partial charge in [0.05, 0.1) is 13.2 Å². The van der Waals surface area contributed by atoms with Crippen molar-refractivity contribution in [1.29, 1.82) is 0 Å². The minimum Gasteiger partial charge on any atom is -0.779 e. The van der Waals surface area contributed by atoms with E-state index in [2.05, 4.69) is 9.05 Å². The molecule has 0 aliphatic heterocycles. The highest BCUT2D eigenvalue weighted by Crippen LogP contribution is 2.31. The van der Waals surface area contributed by atoms with Crippen molar-refractivity contribution >= 4 is 25.0 Å². The molecule has 0 aromatic carbocycles. The minimum absolute atomic E-state index is 0.303. The Kier molecular flexibility index (Phi) is 19.7. The van der Waals surface area contributed by atoms with Gasteiger partial charge in [-0.2, -0.15) is 0 Å². The Bertz CT molecular complexity index is 481. The molecule has 0 saturated heterocycles. The molecule has 0 fully saturated rings. The number of rotatable bonds is 10. The van der Waals surface area contributed by atoms with Crippen LogP contribution in [0, 0.1) is 0 Å². The van der Waals surface area contributed by atoms with Crippen molar-refractivity contribution in [2.75, 3.05) is 38.6 Å². The molecular weight excluding hydrogens is 390 g/mol. The summed E-state index contributed by atoms with van der Waals surface area (Å²) in [6.07, 6.45) is 5.51. The molecule has 0 saturated carbocycles. The van der Waals surface area contributed by atoms with E-state index in [0.29, 0.717) is 19.0 Å². The molecular formula is C14H34O8P2S-2. The van der Waals surface area contributed by atoms with E-state index in [1.54, 1.807) is 0 Å². The molecule has 0 amide bonds. The van der Waals surface area contributed by atoms with Crippen LogP contribution in [0.4, 0.5) is 0 Å². The van der Waals surface area contributed by atoms with Crippen LogP contribution in [-0.4, -0.2) is 47.0 Å². The minimum atomic E-state index is -3.45. The molecule has 0 spiro atoms. The topological polar surface area (TPSA) is 133 Å². The monoisotopic (exact) mass is 424 g/mol. The van der Waals surface area contributed by atoms with E-state index in [1.807, 2.05) is 20.8 Å². The van der Waals surface area contributed by atoms with Gasteiger partial charge in [-0.1, -0.05) is 33.6 Å². The number of unbranched alkanes of at least 4 members (excludes halogenated alkanes) is 2. The molecule has 11 heteroatoms. The van der Waals surface area contributed by atoms with Crippen LogP contribution in [0.25, 0.3) is 0 Å². The van der Waals surface area contributed by atoms with Gasteiger partial charge in [0.2, 0.25) is 0 Å². The average Bonchev–Trinajstić information content (AvgIpc) is 2.42. The molecule has 0 heterocycles. The Balaban J connectivity index is -0.000000291. The fourth-order valence-corrected chi connectivity index (χ4v) is 2.83. The zero-order chi connectivity index (χ0) is 20.6. The Labute approximate surface area is 153 Å². The third-order valence-electron chi connectivity index (χ3n) is 2.22. The van der Waals surface area contributed by atoms with Gasteiger partial charge >= 0.3 is 0 Å². The average molecular weight is 424 g/mol. The zero-order valence-electron chi connectivity index (χ0n) is 16.2. The van der Waals surface area contributed by atoms with Crippen LogP contribution in [0.15, 0.2) is 0 Å². The summed E-state index contributed by atoms with van der Waals surface area (Å²) < 4.78 is 50.1. The van der Waals surface area contributed by atoms with Crippen molar-refractivity contribution in [2.24, 2.45) is 0 Å². The number of hydrogen-bond donors (Lipinski definition) is 0. The highest BCUT2D eigenvalue weighted by molar-refractivity contribution is 7.90. The smallest absolute Gasteiger partial charge is 0.147 e. The molecule has 0 rings (SSSR count). The van der Waals surface area contributed by atoms with Crippen molar-refractivity contribution in [1.82, 2.24) is 0 Å². The van der Waals surface area contributed by atoms with Gasteiger partial charge in [0.15, 0.2) is 0 Å². The lowest BCUT2D eigenvalue weighted by molar-refractivity contribution is -0.197. The predicted molar refractivity (Wildman–Crippen MR) is 98.8 cm³/mol. The van der Waals surface area contributed by atoms with Crippen LogP contribution in [0.5, 0.6) is 0 Å². The molecule has 8 nitrogen and oxygen atoms in total. The summed E-state index contributed by atoms with van der Waals surface area (Å²) >= 11 is 0. The van der Waals surface area contributed by atoms with E-state index >= 15 is 0 Å². The Morgan fingerprint density at radius 1 is 0.800 bits per heavy atom. The first-order valence-corrected chi connectivity index (χ1v) is 14.3. The fourth-order valence-electron chi connectivity index (χ4n) is 1.04. The van der Waals surface area contributed by atoms with E-state index in [4.69, 9.17) is 0 Å². The third kappa shape index (κ3) is 45.5. The molecule has 25 heavy (non-hydrogen) atoms. The van der Waals surface area contributed by atoms with Gasteiger partial charge < -0.3 is 28.0 Å². The lowest BCUT2D eigenvalue weighted by atomic mass is 10.4. The standard InChI is InChI=1S/C5H13O3P.C5H12O2S.C4H11O3P/c1-3-4-5-8-9(2,6)7;1-3-4-5-8(2,6)7;1-3-4-7-8(2,5)6/h3-5H2,1-2H3,(H,6,7);3-5H2,1-2H3;3-4H2,1-2H3,(H,5,6)/p-2. The summed E-state index contributed by atoms with van der Waals surface area (Å²) in [5.41, 5.74) is 0. The first-order valence-electron chi connectivity index (χ1n) is 8.22. The van der Waals surface area contributed by atoms with Crippen molar-refractivity contribution in [2.45, 2.75) is 52.9 Å². The van der Waals surface area contributed by atoms with Crippen LogP contribution >= 0.6 is 15.2 Å². The molecule has 2 unspecified atom stereocenters. The molecule has 0 bridgehead atoms. The zero-order valence-corrected chi connectivity index (χ0v) is 18.8. The molecule has 0 N–H and O–H groups in total. The van der Waals surface area contributed by atoms with Crippen LogP contribution in [-0.2, 0) is 28.0 Å². The maximum atomic E-state index is 10.4. The lowest BCUT2D eigenvalue weighted by Gasteiger charge is -2.16. The Morgan fingerprint density at radius 2 is 1.20 bits per heavy atom. The summed E-state index contributed by atoms with van der Waals surface area (Å²) in [6.45, 7) is 8.60. The SMILES string of the molecule is CCCCOP(C)(=O)[O-].CCCCS(C)(=O)=O.CCCOP(C)(=O)[O-]. The number of hydrogen-bond acceptors (Lipinski definition) is 8. The summed E-state index contributed by atoms with van der Waals surface area (Å²) in [5, 5.41) is 0. The molecule has 0 aromatic rings. The largest absolute Gasteiger partial charge is 0.779 e. The Morgan fingerprint density at radius 3 is 1.40 bits per heavy atom. The first kappa shape index (κ1) is 30.0. The third-order valence-corrected chi connectivity index (χ3v) is 4.56. The van der Waals surface area contributed by atoms with Gasteiger partial charge in [0, 0.05) is 25.3 Å². The van der Waals surface area contributed by atoms with Crippen molar-refractivity contribution < 1.29 is 36.4 Å². The van der Waals surface area contributed by atoms with Crippen LogP contribution in [0.1, 0.15) is 52.9 Å². The summed E-state index contributed by atoms with van der Waals surface area (Å²) in [7, 11) is -9.56. The molecule has 0 aromatic heterocycles. The van der Waals surface area contributed by atoms with Crippen LogP contribution in [0.3, 0.4) is 0 Å². The second-order valence-corrected chi connectivity index (χ2v) is 11.4. The van der Waals surface area contributed by atoms with E-state index in [1.165, 1.54) is 6.26 Å². The Hall–Kier alpha value is 0.250. The van der Waals surface area contributed by atoms with E-state index in [0.717, 1.165) is 45.4 Å². The molecule has 2 atom stereocenters. The fraction of sp³-hybridized carbons (Fsp3) is 1.00. The normalized spacial score (nSPS) is 15.7. The maximum absolute atomic E-state index is 10.4. The van der Waals surface area contributed by atoms with Crippen molar-refractivity contribution in [3.63, 3.8) is 0 Å². The van der Waals surface area contributed by atoms with Gasteiger partial charge in [-0.3, -0.25) is 0 Å². The van der Waals surface area contributed by atoms with E-state index in [9.17, 15) is 27.3 Å². The van der Waals surface area contributed by atoms with Gasteiger partial charge in [0.25, 0.3) is 0 Å². The second kappa shape index (κ2) is 16.4. The second-order valence-electron chi connectivity index (χ2n) is 5.55. The van der Waals surface area contributed by atoms with E-state index in [-0.39, 0.29) is 0 Å². The molecule has 156 valence electrons. The summed E-state index contributed by atoms with van der Waals surface area (Å²) in [6, 6.07) is 0. The summed E-state index contributed by atoms with van der Waals surface area (Å²) in [4.78, 5) is 20.5. The summed E-state index contributed by atoms with van der Waals surface area (Å²) in [5.74, 6) is 0.337. The maximum Gasteiger partial charge on any atom is 0.147 e.